The van der Waals surface area contributed by atoms with Gasteiger partial charge in [-0.1, -0.05) is 81.6 Å². The average molecular weight is 455 g/mol. The maximum Gasteiger partial charge on any atom is 0.0927 e. The monoisotopic (exact) mass is 454 g/mol. The van der Waals surface area contributed by atoms with Crippen LogP contribution < -0.4 is 0 Å². The summed E-state index contributed by atoms with van der Waals surface area (Å²) in [5.74, 6) is 2.67. The summed E-state index contributed by atoms with van der Waals surface area (Å²) in [5, 5.41) is 8.48. The van der Waals surface area contributed by atoms with Crippen molar-refractivity contribution in [3.63, 3.8) is 0 Å². The van der Waals surface area contributed by atoms with Crippen LogP contribution in [0.2, 0.25) is 0 Å². The highest BCUT2D eigenvalue weighted by Crippen LogP contribution is 2.39. The molecule has 1 aliphatic heterocycles. The lowest BCUT2D eigenvalue weighted by Gasteiger charge is -2.35. The third-order valence-corrected chi connectivity index (χ3v) is 8.32. The minimum Gasteiger partial charge on any atom is -0.381 e. The molecular weight excluding hydrogens is 396 g/mol. The van der Waals surface area contributed by atoms with Gasteiger partial charge in [-0.3, -0.25) is 5.26 Å². The quantitative estimate of drug-likeness (QED) is 0.317. The van der Waals surface area contributed by atoms with E-state index in [-0.39, 0.29) is 6.10 Å². The van der Waals surface area contributed by atoms with E-state index in [4.69, 9.17) is 9.99 Å². The summed E-state index contributed by atoms with van der Waals surface area (Å²) < 4.78 is 5.29. The third kappa shape index (κ3) is 11.8. The van der Waals surface area contributed by atoms with Gasteiger partial charge in [0.25, 0.3) is 0 Å². The van der Waals surface area contributed by atoms with Crippen molar-refractivity contribution in [2.24, 2.45) is 34.0 Å². The van der Waals surface area contributed by atoms with Crippen LogP contribution >= 0.6 is 0 Å². The van der Waals surface area contributed by atoms with Crippen LogP contribution in [0.15, 0.2) is 0 Å². The van der Waals surface area contributed by atoms with E-state index in [1.807, 2.05) is 0 Å². The molecule has 3 heteroatoms. The van der Waals surface area contributed by atoms with Gasteiger partial charge in [-0.25, -0.2) is 4.89 Å². The molecule has 3 aliphatic rings. The van der Waals surface area contributed by atoms with Gasteiger partial charge in [-0.15, -0.1) is 0 Å². The van der Waals surface area contributed by atoms with Crippen LogP contribution in [0.5, 0.6) is 0 Å². The van der Waals surface area contributed by atoms with Gasteiger partial charge >= 0.3 is 0 Å². The molecule has 0 aromatic heterocycles. The molecule has 192 valence electrons. The Morgan fingerprint density at radius 2 is 0.906 bits per heavy atom. The number of hydrogen-bond acceptors (Lipinski definition) is 3. The number of hydrogen-bond donors (Lipinski definition) is 1. The Kier molecular flexibility index (Phi) is 12.8. The fraction of sp³-hybridized carbons (Fsp3) is 1.00. The Balaban J connectivity index is 0.000000241. The van der Waals surface area contributed by atoms with Crippen molar-refractivity contribution in [1.29, 1.82) is 0 Å². The average Bonchev–Trinajstić information content (AvgIpc) is 2.74. The smallest absolute Gasteiger partial charge is 0.0927 e. The zero-order valence-electron chi connectivity index (χ0n) is 23.3. The maximum atomic E-state index is 8.48. The Hall–Kier alpha value is -0.120. The van der Waals surface area contributed by atoms with Gasteiger partial charge in [0.1, 0.15) is 0 Å². The molecule has 0 amide bonds. The summed E-state index contributed by atoms with van der Waals surface area (Å²) >= 11 is 0. The number of ether oxygens (including phenoxy) is 1. The van der Waals surface area contributed by atoms with Crippen LogP contribution in [0.3, 0.4) is 0 Å². The van der Waals surface area contributed by atoms with Crippen LogP contribution in [0.4, 0.5) is 0 Å². The largest absolute Gasteiger partial charge is 0.381 e. The molecule has 0 atom stereocenters. The molecule has 0 spiro atoms. The summed E-state index contributed by atoms with van der Waals surface area (Å²) in [6.45, 7) is 22.9. The van der Waals surface area contributed by atoms with E-state index in [2.05, 4.69) is 67.2 Å². The van der Waals surface area contributed by atoms with E-state index in [0.29, 0.717) is 16.2 Å². The van der Waals surface area contributed by atoms with E-state index in [0.717, 1.165) is 43.8 Å². The highest BCUT2D eigenvalue weighted by Gasteiger charge is 2.30. The summed E-state index contributed by atoms with van der Waals surface area (Å²) in [7, 11) is 0. The van der Waals surface area contributed by atoms with Gasteiger partial charge in [-0.05, 0) is 85.4 Å². The standard InChI is InChI=1S/C10H20O2.C10H20.C9H18O/c1-10(2,3)8-4-6-9(12-11)7-5-8;1-10(2,3)9-7-5-4-6-8-9;1-9(2,3)8-4-6-10-7-5-8/h8-9,11H,4-7H2,1-3H3;9H,4-8H2,1-3H3;8H,4-7H2,1-3H3. The van der Waals surface area contributed by atoms with Gasteiger partial charge in [0, 0.05) is 13.2 Å². The van der Waals surface area contributed by atoms with Crippen LogP contribution in [0, 0.1) is 34.0 Å². The molecule has 2 saturated carbocycles. The molecule has 0 bridgehead atoms. The molecule has 3 rings (SSSR count). The zero-order chi connectivity index (χ0) is 24.4. The molecule has 1 N–H and O–H groups in total. The van der Waals surface area contributed by atoms with Crippen molar-refractivity contribution in [2.45, 2.75) is 139 Å². The predicted molar refractivity (Wildman–Crippen MR) is 138 cm³/mol. The summed E-state index contributed by atoms with van der Waals surface area (Å²) in [5.41, 5.74) is 1.48. The second-order valence-corrected chi connectivity index (χ2v) is 13.9. The highest BCUT2D eigenvalue weighted by molar-refractivity contribution is 4.80. The molecule has 1 saturated heterocycles. The second kappa shape index (κ2) is 13.7. The van der Waals surface area contributed by atoms with Crippen molar-refractivity contribution in [2.75, 3.05) is 13.2 Å². The highest BCUT2D eigenvalue weighted by atomic mass is 17.1. The summed E-state index contributed by atoms with van der Waals surface area (Å²) in [6.07, 6.45) is 14.4. The first-order chi connectivity index (χ1) is 14.7. The van der Waals surface area contributed by atoms with E-state index < -0.39 is 0 Å². The van der Waals surface area contributed by atoms with Crippen LogP contribution in [-0.4, -0.2) is 24.6 Å². The lowest BCUT2D eigenvalue weighted by Crippen LogP contribution is -2.28. The SMILES string of the molecule is CC(C)(C)C1CCC(OO)CC1.CC(C)(C)C1CCCCC1.CC(C)(C)C1CCOCC1. The van der Waals surface area contributed by atoms with Gasteiger partial charge in [-0.2, -0.15) is 0 Å². The second-order valence-electron chi connectivity index (χ2n) is 13.9. The lowest BCUT2D eigenvalue weighted by atomic mass is 9.72. The lowest BCUT2D eigenvalue weighted by molar-refractivity contribution is -0.286. The first-order valence-electron chi connectivity index (χ1n) is 13.6. The first-order valence-corrected chi connectivity index (χ1v) is 13.6. The van der Waals surface area contributed by atoms with E-state index in [9.17, 15) is 0 Å². The van der Waals surface area contributed by atoms with Crippen LogP contribution in [0.25, 0.3) is 0 Å². The van der Waals surface area contributed by atoms with E-state index in [1.54, 1.807) is 0 Å². The Labute approximate surface area is 201 Å². The minimum atomic E-state index is 0.101. The predicted octanol–water partition coefficient (Wildman–Crippen LogP) is 9.15. The topological polar surface area (TPSA) is 38.7 Å². The Morgan fingerprint density at radius 3 is 1.22 bits per heavy atom. The normalized spacial score (nSPS) is 26.4. The molecule has 2 aliphatic carbocycles. The van der Waals surface area contributed by atoms with Gasteiger partial charge < -0.3 is 4.74 Å². The zero-order valence-corrected chi connectivity index (χ0v) is 23.3. The van der Waals surface area contributed by atoms with Gasteiger partial charge in [0.05, 0.1) is 6.10 Å². The van der Waals surface area contributed by atoms with Crippen molar-refractivity contribution in [3.8, 4) is 0 Å². The fourth-order valence-electron chi connectivity index (χ4n) is 5.57. The van der Waals surface area contributed by atoms with Crippen molar-refractivity contribution in [1.82, 2.24) is 0 Å². The van der Waals surface area contributed by atoms with Crippen molar-refractivity contribution in [3.05, 3.63) is 0 Å². The maximum absolute atomic E-state index is 8.48. The van der Waals surface area contributed by atoms with E-state index in [1.165, 1.54) is 57.8 Å². The molecule has 0 radical (unpaired) electrons. The Morgan fingerprint density at radius 1 is 0.531 bits per heavy atom. The minimum absolute atomic E-state index is 0.101. The fourth-order valence-corrected chi connectivity index (χ4v) is 5.57. The van der Waals surface area contributed by atoms with Crippen molar-refractivity contribution < 1.29 is 14.9 Å². The molecule has 1 heterocycles. The molecule has 32 heavy (non-hydrogen) atoms. The molecule has 0 unspecified atom stereocenters. The van der Waals surface area contributed by atoms with Gasteiger partial charge in [0.2, 0.25) is 0 Å². The van der Waals surface area contributed by atoms with Gasteiger partial charge in [0.15, 0.2) is 0 Å². The molecule has 3 fully saturated rings. The third-order valence-electron chi connectivity index (χ3n) is 8.32. The van der Waals surface area contributed by atoms with Crippen molar-refractivity contribution >= 4 is 0 Å². The molecule has 3 nitrogen and oxygen atoms in total. The van der Waals surface area contributed by atoms with Crippen LogP contribution in [-0.2, 0) is 9.62 Å². The molecule has 0 aromatic rings. The Bertz CT molecular complexity index is 432. The van der Waals surface area contributed by atoms with E-state index >= 15 is 0 Å². The summed E-state index contributed by atoms with van der Waals surface area (Å²) in [4.78, 5) is 4.35. The number of rotatable bonds is 1. The summed E-state index contributed by atoms with van der Waals surface area (Å²) in [6, 6.07) is 0. The molecular formula is C29H58O3. The van der Waals surface area contributed by atoms with Crippen LogP contribution in [0.1, 0.15) is 133 Å². The molecule has 0 aromatic carbocycles. The first kappa shape index (κ1) is 29.9.